The maximum atomic E-state index is 10.2. The molecule has 0 unspecified atom stereocenters. The smallest absolute Gasteiger partial charge is 0.335 e. The molecule has 7 nitrogen and oxygen atoms in total. The summed E-state index contributed by atoms with van der Waals surface area (Å²) in [5, 5.41) is 44.1. The SMILES string of the molecule is O=C(O)[C@H](O)[C@H]1O[C@H](O)[C@@H](O)[C@H]1O. The number of aliphatic hydroxyl groups excluding tert-OH is 4. The maximum absolute atomic E-state index is 10.2. The van der Waals surface area contributed by atoms with Gasteiger partial charge in [0.2, 0.25) is 0 Å². The third-order valence-corrected chi connectivity index (χ3v) is 1.84. The highest BCUT2D eigenvalue weighted by Crippen LogP contribution is 2.22. The van der Waals surface area contributed by atoms with E-state index in [2.05, 4.69) is 4.74 Å². The molecule has 0 bridgehead atoms. The summed E-state index contributed by atoms with van der Waals surface area (Å²) in [6.45, 7) is 0. The fourth-order valence-electron chi connectivity index (χ4n) is 1.09. The summed E-state index contributed by atoms with van der Waals surface area (Å²) in [6, 6.07) is 0. The number of carboxylic acids is 1. The first kappa shape index (κ1) is 10.4. The van der Waals surface area contributed by atoms with Gasteiger partial charge in [-0.15, -0.1) is 0 Å². The molecule has 0 aromatic carbocycles. The van der Waals surface area contributed by atoms with Crippen molar-refractivity contribution in [2.75, 3.05) is 0 Å². The van der Waals surface area contributed by atoms with Crippen LogP contribution in [-0.2, 0) is 9.53 Å². The van der Waals surface area contributed by atoms with Crippen molar-refractivity contribution >= 4 is 5.97 Å². The van der Waals surface area contributed by atoms with Crippen molar-refractivity contribution < 1.29 is 35.1 Å². The van der Waals surface area contributed by atoms with Crippen molar-refractivity contribution in [3.8, 4) is 0 Å². The van der Waals surface area contributed by atoms with Gasteiger partial charge in [0.25, 0.3) is 0 Å². The van der Waals surface area contributed by atoms with E-state index >= 15 is 0 Å². The highest BCUT2D eigenvalue weighted by Gasteiger charge is 2.47. The summed E-state index contributed by atoms with van der Waals surface area (Å²) in [5.41, 5.74) is 0. The molecule has 1 aliphatic heterocycles. The Morgan fingerprint density at radius 3 is 2.08 bits per heavy atom. The summed E-state index contributed by atoms with van der Waals surface area (Å²) in [5.74, 6) is -1.59. The van der Waals surface area contributed by atoms with Gasteiger partial charge in [-0.1, -0.05) is 0 Å². The van der Waals surface area contributed by atoms with Crippen molar-refractivity contribution in [3.63, 3.8) is 0 Å². The molecule has 0 aromatic rings. The van der Waals surface area contributed by atoms with E-state index in [9.17, 15) is 4.79 Å². The molecule has 1 heterocycles. The zero-order valence-corrected chi connectivity index (χ0v) is 6.44. The summed E-state index contributed by atoms with van der Waals surface area (Å²) >= 11 is 0. The molecule has 1 aliphatic rings. The molecule has 5 atom stereocenters. The molecular weight excluding hydrogens is 184 g/mol. The molecule has 7 heteroatoms. The van der Waals surface area contributed by atoms with E-state index in [1.165, 1.54) is 0 Å². The highest BCUT2D eigenvalue weighted by molar-refractivity contribution is 5.72. The van der Waals surface area contributed by atoms with E-state index < -0.39 is 36.7 Å². The second-order valence-electron chi connectivity index (χ2n) is 2.76. The maximum Gasteiger partial charge on any atom is 0.335 e. The molecule has 0 radical (unpaired) electrons. The Labute approximate surface area is 72.8 Å². The summed E-state index contributed by atoms with van der Waals surface area (Å²) < 4.78 is 4.43. The first-order valence-electron chi connectivity index (χ1n) is 3.55. The van der Waals surface area contributed by atoms with Gasteiger partial charge in [0.05, 0.1) is 0 Å². The van der Waals surface area contributed by atoms with Crippen molar-refractivity contribution in [1.82, 2.24) is 0 Å². The van der Waals surface area contributed by atoms with Gasteiger partial charge in [0.15, 0.2) is 12.4 Å². The van der Waals surface area contributed by atoms with Gasteiger partial charge >= 0.3 is 5.97 Å². The van der Waals surface area contributed by atoms with Crippen LogP contribution >= 0.6 is 0 Å². The van der Waals surface area contributed by atoms with Gasteiger partial charge < -0.3 is 30.3 Å². The zero-order valence-electron chi connectivity index (χ0n) is 6.44. The lowest BCUT2D eigenvalue weighted by molar-refractivity contribution is -0.170. The predicted octanol–water partition coefficient (Wildman–Crippen LogP) is -3.13. The number of carbonyl (C=O) groups is 1. The normalized spacial score (nSPS) is 41.8. The average Bonchev–Trinajstić information content (AvgIpc) is 2.31. The zero-order chi connectivity index (χ0) is 10.2. The van der Waals surface area contributed by atoms with Crippen molar-refractivity contribution in [3.05, 3.63) is 0 Å². The van der Waals surface area contributed by atoms with Crippen molar-refractivity contribution in [2.45, 2.75) is 30.7 Å². The number of aliphatic hydroxyl groups is 4. The number of rotatable bonds is 2. The van der Waals surface area contributed by atoms with Crippen LogP contribution in [0.5, 0.6) is 0 Å². The van der Waals surface area contributed by atoms with Gasteiger partial charge in [0, 0.05) is 0 Å². The number of hydrogen-bond acceptors (Lipinski definition) is 6. The molecule has 76 valence electrons. The van der Waals surface area contributed by atoms with Crippen molar-refractivity contribution in [1.29, 1.82) is 0 Å². The molecule has 5 N–H and O–H groups in total. The molecule has 0 aliphatic carbocycles. The Morgan fingerprint density at radius 2 is 1.77 bits per heavy atom. The molecule has 0 aromatic heterocycles. The largest absolute Gasteiger partial charge is 0.479 e. The second-order valence-corrected chi connectivity index (χ2v) is 2.76. The first-order chi connectivity index (χ1) is 5.95. The summed E-state index contributed by atoms with van der Waals surface area (Å²) in [4.78, 5) is 10.2. The lowest BCUT2D eigenvalue weighted by atomic mass is 10.1. The number of aliphatic carboxylic acids is 1. The summed E-state index contributed by atoms with van der Waals surface area (Å²) in [6.07, 6.45) is -8.36. The Bertz CT molecular complexity index is 205. The molecular formula is C6H10O7. The predicted molar refractivity (Wildman–Crippen MR) is 36.5 cm³/mol. The van der Waals surface area contributed by atoms with Crippen LogP contribution in [0, 0.1) is 0 Å². The molecule has 0 amide bonds. The Hall–Kier alpha value is -0.730. The van der Waals surface area contributed by atoms with Crippen LogP contribution in [0.4, 0.5) is 0 Å². The van der Waals surface area contributed by atoms with E-state index in [1.54, 1.807) is 0 Å². The van der Waals surface area contributed by atoms with Gasteiger partial charge in [-0.3, -0.25) is 0 Å². The Kier molecular flexibility index (Phi) is 2.84. The Morgan fingerprint density at radius 1 is 1.23 bits per heavy atom. The van der Waals surface area contributed by atoms with E-state index in [1.807, 2.05) is 0 Å². The minimum atomic E-state index is -1.97. The third kappa shape index (κ3) is 1.79. The fourth-order valence-corrected chi connectivity index (χ4v) is 1.09. The number of carboxylic acid groups (broad SMARTS) is 1. The number of hydrogen-bond donors (Lipinski definition) is 5. The summed E-state index contributed by atoms with van der Waals surface area (Å²) in [7, 11) is 0. The van der Waals surface area contributed by atoms with Crippen LogP contribution in [-0.4, -0.2) is 62.2 Å². The minimum absolute atomic E-state index is 1.51. The third-order valence-electron chi connectivity index (χ3n) is 1.84. The second kappa shape index (κ2) is 3.56. The van der Waals surface area contributed by atoms with E-state index in [4.69, 9.17) is 25.5 Å². The lowest BCUT2D eigenvalue weighted by Crippen LogP contribution is -2.42. The molecule has 0 spiro atoms. The van der Waals surface area contributed by atoms with E-state index in [0.717, 1.165) is 0 Å². The van der Waals surface area contributed by atoms with Crippen LogP contribution in [0.3, 0.4) is 0 Å². The van der Waals surface area contributed by atoms with Crippen LogP contribution in [0.1, 0.15) is 0 Å². The van der Waals surface area contributed by atoms with Crippen LogP contribution < -0.4 is 0 Å². The average molecular weight is 194 g/mol. The van der Waals surface area contributed by atoms with Crippen LogP contribution in [0.15, 0.2) is 0 Å². The van der Waals surface area contributed by atoms with E-state index in [0.29, 0.717) is 0 Å². The molecule has 0 saturated carbocycles. The van der Waals surface area contributed by atoms with Crippen LogP contribution in [0.2, 0.25) is 0 Å². The molecule has 1 fully saturated rings. The fraction of sp³-hybridized carbons (Fsp3) is 0.833. The van der Waals surface area contributed by atoms with Gasteiger partial charge in [-0.2, -0.15) is 0 Å². The monoisotopic (exact) mass is 194 g/mol. The van der Waals surface area contributed by atoms with Gasteiger partial charge in [-0.25, -0.2) is 4.79 Å². The first-order valence-corrected chi connectivity index (χ1v) is 3.55. The topological polar surface area (TPSA) is 127 Å². The van der Waals surface area contributed by atoms with Crippen LogP contribution in [0.25, 0.3) is 0 Å². The van der Waals surface area contributed by atoms with Gasteiger partial charge in [-0.05, 0) is 0 Å². The standard InChI is InChI=1S/C6H10O7/c7-1-2(8)6(12)13-4(1)3(9)5(10)11/h1-4,6-9,12H,(H,10,11)/t1-,2+,3-,4+,6+/m1/s1. The van der Waals surface area contributed by atoms with E-state index in [-0.39, 0.29) is 0 Å². The quantitative estimate of drug-likeness (QED) is 0.314. The highest BCUT2D eigenvalue weighted by atomic mass is 16.6. The Balaban J connectivity index is 2.68. The molecule has 1 rings (SSSR count). The minimum Gasteiger partial charge on any atom is -0.479 e. The molecule has 13 heavy (non-hydrogen) atoms. The lowest BCUT2D eigenvalue weighted by Gasteiger charge is -2.16. The molecule has 1 saturated heterocycles. The number of ether oxygens (including phenoxy) is 1. The van der Waals surface area contributed by atoms with Gasteiger partial charge in [0.1, 0.15) is 18.3 Å². The van der Waals surface area contributed by atoms with Crippen molar-refractivity contribution in [2.24, 2.45) is 0 Å².